The molecule has 7 nitrogen and oxygen atoms in total. The Morgan fingerprint density at radius 2 is 0.787 bits per heavy atom. The second-order valence-corrected chi connectivity index (χ2v) is 9.49. The number of non-ortho nitro benzene ring substituents is 2. The molecule has 0 bridgehead atoms. The zero-order valence-corrected chi connectivity index (χ0v) is 22.4. The molecule has 0 atom stereocenters. The van der Waals surface area contributed by atoms with Gasteiger partial charge in [-0.25, -0.2) is 0 Å². The molecule has 0 amide bonds. The van der Waals surface area contributed by atoms with E-state index >= 15 is 0 Å². The number of ether oxygens (including phenoxy) is 1. The fraction of sp³-hybridized carbons (Fsp3) is 0.143. The lowest BCUT2D eigenvalue weighted by atomic mass is 9.94. The first-order valence-corrected chi connectivity index (χ1v) is 12.3. The van der Waals surface area contributed by atoms with E-state index in [9.17, 15) is 72.9 Å². The first-order valence-electron chi connectivity index (χ1n) is 12.3. The number of benzene rings is 4. The zero-order valence-electron chi connectivity index (χ0n) is 22.4. The number of nitro groups is 2. The number of hydrogen-bond donors (Lipinski definition) is 0. The van der Waals surface area contributed by atoms with Crippen LogP contribution < -0.4 is 4.74 Å². The molecule has 0 saturated carbocycles. The highest BCUT2D eigenvalue weighted by Gasteiger charge is 2.41. The summed E-state index contributed by atoms with van der Waals surface area (Å²) in [6.07, 6.45) is -21.5. The van der Waals surface area contributed by atoms with Crippen LogP contribution in [0.25, 0.3) is 22.3 Å². The van der Waals surface area contributed by atoms with Crippen molar-refractivity contribution in [2.75, 3.05) is 0 Å². The van der Waals surface area contributed by atoms with E-state index < -0.39 is 102 Å². The van der Waals surface area contributed by atoms with Crippen molar-refractivity contribution in [2.24, 2.45) is 0 Å². The van der Waals surface area contributed by atoms with Crippen molar-refractivity contribution in [3.63, 3.8) is 0 Å². The van der Waals surface area contributed by atoms with Gasteiger partial charge in [0.15, 0.2) is 0 Å². The molecule has 19 heteroatoms. The van der Waals surface area contributed by atoms with Crippen molar-refractivity contribution in [1.29, 1.82) is 0 Å². The number of alkyl halides is 12. The number of nitro benzene ring substituents is 2. The van der Waals surface area contributed by atoms with Crippen molar-refractivity contribution in [3.8, 4) is 33.8 Å². The molecule has 4 rings (SSSR count). The van der Waals surface area contributed by atoms with Gasteiger partial charge in [0.2, 0.25) is 0 Å². The van der Waals surface area contributed by atoms with Crippen LogP contribution in [0.3, 0.4) is 0 Å². The average Bonchev–Trinajstić information content (AvgIpc) is 2.95. The number of nitrogens with zero attached hydrogens (tertiary/aromatic N) is 2. The standard InChI is InChI=1S/C28H12F12N2O5/c29-25(30,31)13-1-5-17(21(9-13)27(35,36)37)19-11-15(41(43)44)3-7-23(19)47-24-8-4-16(42(45)46)12-20(24)18-6-2-14(26(32,33)34)10-22(18)28(38,39)40/h1-12H. The van der Waals surface area contributed by atoms with Crippen molar-refractivity contribution >= 4 is 11.4 Å². The second-order valence-electron chi connectivity index (χ2n) is 9.49. The molecule has 0 unspecified atom stereocenters. The van der Waals surface area contributed by atoms with Crippen LogP contribution in [-0.4, -0.2) is 9.85 Å². The Hall–Kier alpha value is -5.36. The van der Waals surface area contributed by atoms with Gasteiger partial charge >= 0.3 is 24.7 Å². The first kappa shape index (κ1) is 34.5. The van der Waals surface area contributed by atoms with Crippen LogP contribution in [0.5, 0.6) is 11.5 Å². The van der Waals surface area contributed by atoms with Gasteiger partial charge in [-0.15, -0.1) is 0 Å². The van der Waals surface area contributed by atoms with Gasteiger partial charge in [0.1, 0.15) is 11.5 Å². The topological polar surface area (TPSA) is 95.5 Å². The highest BCUT2D eigenvalue weighted by atomic mass is 19.4. The quantitative estimate of drug-likeness (QED) is 0.114. The third-order valence-electron chi connectivity index (χ3n) is 6.45. The average molecular weight is 684 g/mol. The van der Waals surface area contributed by atoms with E-state index in [0.717, 1.165) is 0 Å². The highest BCUT2D eigenvalue weighted by Crippen LogP contribution is 2.48. The van der Waals surface area contributed by atoms with Crippen LogP contribution in [0.2, 0.25) is 0 Å². The predicted molar refractivity (Wildman–Crippen MR) is 137 cm³/mol. The minimum absolute atomic E-state index is 0.225. The summed E-state index contributed by atoms with van der Waals surface area (Å²) in [6, 6.07) is 4.13. The van der Waals surface area contributed by atoms with Gasteiger partial charge in [0, 0.05) is 35.4 Å². The number of rotatable bonds is 6. The molecule has 47 heavy (non-hydrogen) atoms. The lowest BCUT2D eigenvalue weighted by Crippen LogP contribution is -2.12. The summed E-state index contributed by atoms with van der Waals surface area (Å²) in [6.45, 7) is 0. The highest BCUT2D eigenvalue weighted by molar-refractivity contribution is 5.80. The summed E-state index contributed by atoms with van der Waals surface area (Å²) in [4.78, 5) is 20.7. The zero-order chi connectivity index (χ0) is 35.3. The van der Waals surface area contributed by atoms with E-state index in [0.29, 0.717) is 48.5 Å². The summed E-state index contributed by atoms with van der Waals surface area (Å²) in [5.74, 6) is -1.65. The summed E-state index contributed by atoms with van der Waals surface area (Å²) in [7, 11) is 0. The molecule has 4 aromatic rings. The van der Waals surface area contributed by atoms with Gasteiger partial charge in [0.05, 0.1) is 32.1 Å². The fourth-order valence-corrected chi connectivity index (χ4v) is 4.36. The molecular weight excluding hydrogens is 672 g/mol. The Morgan fingerprint density at radius 1 is 0.447 bits per heavy atom. The maximum Gasteiger partial charge on any atom is 0.417 e. The van der Waals surface area contributed by atoms with Crippen LogP contribution >= 0.6 is 0 Å². The Balaban J connectivity index is 2.02. The Labute approximate surface area is 252 Å². The maximum atomic E-state index is 14.0. The minimum atomic E-state index is -5.50. The van der Waals surface area contributed by atoms with E-state index in [2.05, 4.69) is 0 Å². The molecule has 0 aromatic heterocycles. The van der Waals surface area contributed by atoms with Gasteiger partial charge < -0.3 is 4.74 Å². The molecule has 0 aliphatic heterocycles. The van der Waals surface area contributed by atoms with E-state index in [-0.39, 0.29) is 24.3 Å². The number of hydrogen-bond acceptors (Lipinski definition) is 5. The normalized spacial score (nSPS) is 12.6. The molecule has 0 heterocycles. The van der Waals surface area contributed by atoms with Crippen LogP contribution in [0, 0.1) is 20.2 Å². The van der Waals surface area contributed by atoms with E-state index in [1.807, 2.05) is 0 Å². The molecule has 0 radical (unpaired) electrons. The minimum Gasteiger partial charge on any atom is -0.456 e. The lowest BCUT2D eigenvalue weighted by Gasteiger charge is -2.20. The fourth-order valence-electron chi connectivity index (χ4n) is 4.36. The van der Waals surface area contributed by atoms with Crippen LogP contribution in [0.1, 0.15) is 22.3 Å². The summed E-state index contributed by atoms with van der Waals surface area (Å²) in [5.41, 5.74) is -13.1. The summed E-state index contributed by atoms with van der Waals surface area (Å²) < 4.78 is 169. The third-order valence-corrected chi connectivity index (χ3v) is 6.45. The Bertz CT molecular complexity index is 1750. The molecule has 0 spiro atoms. The second kappa shape index (κ2) is 11.8. The van der Waals surface area contributed by atoms with Gasteiger partial charge in [-0.3, -0.25) is 20.2 Å². The van der Waals surface area contributed by atoms with Crippen molar-refractivity contribution in [2.45, 2.75) is 24.7 Å². The molecule has 4 aromatic carbocycles. The Morgan fingerprint density at radius 3 is 1.06 bits per heavy atom. The van der Waals surface area contributed by atoms with Crippen molar-refractivity contribution in [3.05, 3.63) is 115 Å². The molecular formula is C28H12F12N2O5. The number of halogens is 12. The molecule has 248 valence electrons. The molecule has 0 saturated heterocycles. The first-order chi connectivity index (χ1) is 21.5. The van der Waals surface area contributed by atoms with Gasteiger partial charge in [-0.1, -0.05) is 12.1 Å². The van der Waals surface area contributed by atoms with Crippen molar-refractivity contribution < 1.29 is 67.3 Å². The van der Waals surface area contributed by atoms with Crippen LogP contribution in [0.4, 0.5) is 64.1 Å². The largest absolute Gasteiger partial charge is 0.456 e. The third kappa shape index (κ3) is 7.39. The van der Waals surface area contributed by atoms with Crippen LogP contribution in [-0.2, 0) is 24.7 Å². The Kier molecular flexibility index (Phi) is 8.65. The van der Waals surface area contributed by atoms with Gasteiger partial charge in [0.25, 0.3) is 11.4 Å². The summed E-state index contributed by atoms with van der Waals surface area (Å²) in [5, 5.41) is 22.9. The van der Waals surface area contributed by atoms with E-state index in [1.165, 1.54) is 0 Å². The summed E-state index contributed by atoms with van der Waals surface area (Å²) >= 11 is 0. The molecule has 0 N–H and O–H groups in total. The SMILES string of the molecule is O=[N+]([O-])c1ccc(Oc2ccc([N+](=O)[O-])cc2-c2ccc(C(F)(F)F)cc2C(F)(F)F)c(-c2ccc(C(F)(F)F)cc2C(F)(F)F)c1. The molecule has 0 aliphatic carbocycles. The van der Waals surface area contributed by atoms with E-state index in [1.54, 1.807) is 0 Å². The smallest absolute Gasteiger partial charge is 0.417 e. The van der Waals surface area contributed by atoms with Crippen molar-refractivity contribution in [1.82, 2.24) is 0 Å². The van der Waals surface area contributed by atoms with Crippen LogP contribution in [0.15, 0.2) is 72.8 Å². The van der Waals surface area contributed by atoms with E-state index in [4.69, 9.17) is 4.74 Å². The lowest BCUT2D eigenvalue weighted by molar-refractivity contribution is -0.385. The monoisotopic (exact) mass is 684 g/mol. The molecule has 0 aliphatic rings. The van der Waals surface area contributed by atoms with Gasteiger partial charge in [-0.2, -0.15) is 52.7 Å². The molecule has 0 fully saturated rings. The maximum absolute atomic E-state index is 14.0. The van der Waals surface area contributed by atoms with Gasteiger partial charge in [-0.05, 0) is 47.5 Å². The predicted octanol–water partition coefficient (Wildman–Crippen LogP) is 10.7.